The molecular formula is C17H22N4O. The summed E-state index contributed by atoms with van der Waals surface area (Å²) in [6.07, 6.45) is 2.55. The van der Waals surface area contributed by atoms with E-state index in [0.29, 0.717) is 5.92 Å². The minimum atomic E-state index is 0.374. The summed E-state index contributed by atoms with van der Waals surface area (Å²) in [4.78, 5) is 13.2. The molecular weight excluding hydrogens is 276 g/mol. The summed E-state index contributed by atoms with van der Waals surface area (Å²) in [6, 6.07) is 6.24. The maximum atomic E-state index is 5.39. The monoisotopic (exact) mass is 298 g/mol. The van der Waals surface area contributed by atoms with Crippen molar-refractivity contribution in [1.29, 1.82) is 0 Å². The molecule has 0 bridgehead atoms. The first-order valence-corrected chi connectivity index (χ1v) is 7.45. The molecule has 0 amide bonds. The molecule has 116 valence electrons. The highest BCUT2D eigenvalue weighted by molar-refractivity contribution is 5.73. The fraction of sp³-hybridized carbons (Fsp3) is 0.412. The maximum Gasteiger partial charge on any atom is 0.141 e. The van der Waals surface area contributed by atoms with Gasteiger partial charge in [0.1, 0.15) is 23.7 Å². The summed E-state index contributed by atoms with van der Waals surface area (Å²) in [5, 5.41) is 0. The van der Waals surface area contributed by atoms with Gasteiger partial charge in [-0.05, 0) is 36.1 Å². The molecule has 1 aromatic carbocycles. The van der Waals surface area contributed by atoms with Gasteiger partial charge in [0.15, 0.2) is 0 Å². The van der Waals surface area contributed by atoms with Gasteiger partial charge in [0.2, 0.25) is 0 Å². The number of rotatable bonds is 2. The highest BCUT2D eigenvalue weighted by Gasteiger charge is 2.27. The van der Waals surface area contributed by atoms with Crippen LogP contribution < -0.4 is 14.5 Å². The molecule has 1 aliphatic rings. The van der Waals surface area contributed by atoms with Crippen LogP contribution in [0.1, 0.15) is 24.0 Å². The molecule has 0 N–H and O–H groups in total. The number of methoxy groups -OCH3 is 1. The standard InChI is InChI=1S/C17H22N4O/c1-11-8-14-16(20(2)3)18-10-19-17(14)21(4)15-7-6-12(22-5)9-13(11)15/h6-7,9-11H,8H2,1-5H3. The zero-order valence-electron chi connectivity index (χ0n) is 13.8. The molecule has 1 aliphatic heterocycles. The maximum absolute atomic E-state index is 5.39. The van der Waals surface area contributed by atoms with E-state index in [4.69, 9.17) is 4.74 Å². The Labute approximate surface area is 131 Å². The number of benzene rings is 1. The molecule has 22 heavy (non-hydrogen) atoms. The van der Waals surface area contributed by atoms with E-state index in [9.17, 15) is 0 Å². The second-order valence-corrected chi connectivity index (χ2v) is 5.98. The molecule has 5 heteroatoms. The van der Waals surface area contributed by atoms with Gasteiger partial charge in [-0.2, -0.15) is 0 Å². The zero-order chi connectivity index (χ0) is 15.9. The van der Waals surface area contributed by atoms with E-state index in [1.165, 1.54) is 16.8 Å². The molecule has 5 nitrogen and oxygen atoms in total. The summed E-state index contributed by atoms with van der Waals surface area (Å²) in [5.41, 5.74) is 3.65. The van der Waals surface area contributed by atoms with Crippen LogP contribution in [0.4, 0.5) is 17.3 Å². The van der Waals surface area contributed by atoms with Crippen molar-refractivity contribution in [2.24, 2.45) is 0 Å². The van der Waals surface area contributed by atoms with Crippen LogP contribution in [0.5, 0.6) is 5.75 Å². The Morgan fingerprint density at radius 1 is 1.27 bits per heavy atom. The number of hydrogen-bond acceptors (Lipinski definition) is 5. The van der Waals surface area contributed by atoms with E-state index in [1.54, 1.807) is 13.4 Å². The van der Waals surface area contributed by atoms with Gasteiger partial charge in [-0.15, -0.1) is 0 Å². The molecule has 0 saturated heterocycles. The van der Waals surface area contributed by atoms with Crippen molar-refractivity contribution >= 4 is 17.3 Å². The van der Waals surface area contributed by atoms with Crippen molar-refractivity contribution in [2.45, 2.75) is 19.3 Å². The van der Waals surface area contributed by atoms with Crippen LogP contribution >= 0.6 is 0 Å². The minimum absolute atomic E-state index is 0.374. The Morgan fingerprint density at radius 3 is 2.73 bits per heavy atom. The third-order valence-corrected chi connectivity index (χ3v) is 4.28. The van der Waals surface area contributed by atoms with Crippen LogP contribution in [0.2, 0.25) is 0 Å². The molecule has 1 aromatic heterocycles. The van der Waals surface area contributed by atoms with E-state index in [-0.39, 0.29) is 0 Å². The first kappa shape index (κ1) is 14.6. The smallest absolute Gasteiger partial charge is 0.141 e. The van der Waals surface area contributed by atoms with Crippen molar-refractivity contribution in [2.75, 3.05) is 38.1 Å². The molecule has 1 atom stereocenters. The Bertz CT molecular complexity index is 699. The third kappa shape index (κ3) is 2.26. The van der Waals surface area contributed by atoms with Gasteiger partial charge in [-0.1, -0.05) is 6.92 Å². The topological polar surface area (TPSA) is 41.5 Å². The third-order valence-electron chi connectivity index (χ3n) is 4.28. The van der Waals surface area contributed by atoms with E-state index in [1.807, 2.05) is 20.2 Å². The summed E-state index contributed by atoms with van der Waals surface area (Å²) < 4.78 is 5.39. The lowest BCUT2D eigenvalue weighted by molar-refractivity contribution is 0.414. The van der Waals surface area contributed by atoms with Crippen LogP contribution in [0.15, 0.2) is 24.5 Å². The fourth-order valence-electron chi connectivity index (χ4n) is 3.14. The first-order chi connectivity index (χ1) is 10.5. The van der Waals surface area contributed by atoms with Crippen molar-refractivity contribution in [3.63, 3.8) is 0 Å². The number of fused-ring (bicyclic) bond motifs is 2. The van der Waals surface area contributed by atoms with Crippen LogP contribution in [-0.4, -0.2) is 38.2 Å². The largest absolute Gasteiger partial charge is 0.497 e. The van der Waals surface area contributed by atoms with Crippen LogP contribution in [0, 0.1) is 0 Å². The van der Waals surface area contributed by atoms with Crippen molar-refractivity contribution < 1.29 is 4.74 Å². The number of nitrogens with zero attached hydrogens (tertiary/aromatic N) is 4. The lowest BCUT2D eigenvalue weighted by Crippen LogP contribution is -2.18. The second-order valence-electron chi connectivity index (χ2n) is 5.98. The van der Waals surface area contributed by atoms with E-state index >= 15 is 0 Å². The average molecular weight is 298 g/mol. The van der Waals surface area contributed by atoms with Gasteiger partial charge in [-0.25, -0.2) is 9.97 Å². The number of aromatic nitrogens is 2. The van der Waals surface area contributed by atoms with E-state index in [2.05, 4.69) is 45.9 Å². The van der Waals surface area contributed by atoms with Crippen molar-refractivity contribution in [3.8, 4) is 5.75 Å². The van der Waals surface area contributed by atoms with Crippen LogP contribution in [0.25, 0.3) is 0 Å². The number of ether oxygens (including phenoxy) is 1. The normalized spacial score (nSPS) is 16.6. The molecule has 0 saturated carbocycles. The van der Waals surface area contributed by atoms with Gasteiger partial charge in [-0.3, -0.25) is 0 Å². The highest BCUT2D eigenvalue weighted by atomic mass is 16.5. The Kier molecular flexibility index (Phi) is 3.64. The Balaban J connectivity index is 2.19. The Morgan fingerprint density at radius 2 is 2.05 bits per heavy atom. The quantitative estimate of drug-likeness (QED) is 0.852. The van der Waals surface area contributed by atoms with E-state index in [0.717, 1.165) is 23.8 Å². The van der Waals surface area contributed by atoms with Gasteiger partial charge in [0.25, 0.3) is 0 Å². The van der Waals surface area contributed by atoms with Crippen LogP contribution in [-0.2, 0) is 6.42 Å². The molecule has 0 fully saturated rings. The van der Waals surface area contributed by atoms with Gasteiger partial charge in [0.05, 0.1) is 7.11 Å². The SMILES string of the molecule is COc1ccc2c(c1)C(C)Cc1c(N(C)C)ncnc1N2C. The van der Waals surface area contributed by atoms with Crippen molar-refractivity contribution in [1.82, 2.24) is 9.97 Å². The molecule has 0 radical (unpaired) electrons. The number of hydrogen-bond donors (Lipinski definition) is 0. The minimum Gasteiger partial charge on any atom is -0.497 e. The van der Waals surface area contributed by atoms with Gasteiger partial charge >= 0.3 is 0 Å². The predicted molar refractivity (Wildman–Crippen MR) is 89.5 cm³/mol. The summed E-state index contributed by atoms with van der Waals surface area (Å²) in [7, 11) is 7.81. The highest BCUT2D eigenvalue weighted by Crippen LogP contribution is 2.42. The molecule has 0 aliphatic carbocycles. The van der Waals surface area contributed by atoms with E-state index < -0.39 is 0 Å². The van der Waals surface area contributed by atoms with Gasteiger partial charge < -0.3 is 14.5 Å². The second kappa shape index (κ2) is 5.48. The lowest BCUT2D eigenvalue weighted by Gasteiger charge is -2.23. The zero-order valence-corrected chi connectivity index (χ0v) is 13.8. The van der Waals surface area contributed by atoms with Gasteiger partial charge in [0, 0.05) is 32.4 Å². The lowest BCUT2D eigenvalue weighted by atomic mass is 9.94. The Hall–Kier alpha value is -2.30. The molecule has 0 spiro atoms. The fourth-order valence-corrected chi connectivity index (χ4v) is 3.14. The molecule has 2 aromatic rings. The predicted octanol–water partition coefficient (Wildman–Crippen LogP) is 2.98. The first-order valence-electron chi connectivity index (χ1n) is 7.45. The molecule has 2 heterocycles. The molecule has 1 unspecified atom stereocenters. The molecule has 3 rings (SSSR count). The van der Waals surface area contributed by atoms with Crippen LogP contribution in [0.3, 0.4) is 0 Å². The van der Waals surface area contributed by atoms with Crippen molar-refractivity contribution in [3.05, 3.63) is 35.7 Å². The summed E-state index contributed by atoms with van der Waals surface area (Å²) in [6.45, 7) is 2.24. The number of anilines is 3. The summed E-state index contributed by atoms with van der Waals surface area (Å²) in [5.74, 6) is 3.24. The average Bonchev–Trinajstić information content (AvgIpc) is 2.62. The summed E-state index contributed by atoms with van der Waals surface area (Å²) >= 11 is 0.